The van der Waals surface area contributed by atoms with Crippen molar-refractivity contribution in [3.63, 3.8) is 0 Å². The Labute approximate surface area is 212 Å². The minimum atomic E-state index is -3.89. The number of sulfonamides is 1. The summed E-state index contributed by atoms with van der Waals surface area (Å²) in [7, 11) is -2.39. The molecule has 12 heteroatoms. The summed E-state index contributed by atoms with van der Waals surface area (Å²) < 4.78 is 34.4. The molecule has 2 aromatic carbocycles. The number of H-pyrrole nitrogens is 1. The molecule has 2 N–H and O–H groups in total. The summed E-state index contributed by atoms with van der Waals surface area (Å²) in [4.78, 5) is 25.6. The SMILES string of the molecule is COc1cc(-n2[nH]c(C)c(C=Nc3ccc(S(=O)(=O)Nc4nc(C)cc(C)n4)cc3)c2=O)ccc1Cl. The van der Waals surface area contributed by atoms with E-state index >= 15 is 0 Å². The van der Waals surface area contributed by atoms with Crippen LogP contribution in [0.1, 0.15) is 22.6 Å². The molecule has 0 radical (unpaired) electrons. The molecule has 0 amide bonds. The first kappa shape index (κ1) is 25.1. The fraction of sp³-hybridized carbons (Fsp3) is 0.167. The molecule has 36 heavy (non-hydrogen) atoms. The smallest absolute Gasteiger partial charge is 0.280 e. The number of halogens is 1. The average Bonchev–Trinajstić information content (AvgIpc) is 3.10. The summed E-state index contributed by atoms with van der Waals surface area (Å²) in [6.45, 7) is 5.27. The Morgan fingerprint density at radius 3 is 2.36 bits per heavy atom. The number of ether oxygens (including phenoxy) is 1. The molecule has 0 aliphatic rings. The van der Waals surface area contributed by atoms with Crippen molar-refractivity contribution in [2.24, 2.45) is 4.99 Å². The van der Waals surface area contributed by atoms with Crippen LogP contribution in [-0.4, -0.2) is 41.5 Å². The predicted molar refractivity (Wildman–Crippen MR) is 139 cm³/mol. The van der Waals surface area contributed by atoms with E-state index in [-0.39, 0.29) is 16.4 Å². The highest BCUT2D eigenvalue weighted by molar-refractivity contribution is 7.92. The second kappa shape index (κ2) is 9.96. The summed E-state index contributed by atoms with van der Waals surface area (Å²) in [6, 6.07) is 12.6. The summed E-state index contributed by atoms with van der Waals surface area (Å²) in [5, 5.41) is 3.44. The summed E-state index contributed by atoms with van der Waals surface area (Å²) in [6.07, 6.45) is 1.43. The molecule has 4 aromatic rings. The van der Waals surface area contributed by atoms with Crippen LogP contribution in [0.3, 0.4) is 0 Å². The topological polar surface area (TPSA) is 131 Å². The van der Waals surface area contributed by atoms with E-state index in [9.17, 15) is 13.2 Å². The first-order valence-corrected chi connectivity index (χ1v) is 12.6. The van der Waals surface area contributed by atoms with Crippen molar-refractivity contribution < 1.29 is 13.2 Å². The number of nitrogens with one attached hydrogen (secondary N) is 2. The van der Waals surface area contributed by atoms with Gasteiger partial charge in [0, 0.05) is 29.4 Å². The third-order valence-electron chi connectivity index (χ3n) is 5.21. The molecular formula is C24H23ClN6O4S. The number of aromatic nitrogens is 4. The number of benzene rings is 2. The summed E-state index contributed by atoms with van der Waals surface area (Å²) in [5.41, 5.74) is 2.98. The second-order valence-corrected chi connectivity index (χ2v) is 10.0. The van der Waals surface area contributed by atoms with Gasteiger partial charge in [-0.25, -0.2) is 27.8 Å². The van der Waals surface area contributed by atoms with Gasteiger partial charge in [0.05, 0.1) is 34.0 Å². The lowest BCUT2D eigenvalue weighted by atomic mass is 10.2. The van der Waals surface area contributed by atoms with Crippen molar-refractivity contribution in [3.8, 4) is 11.4 Å². The van der Waals surface area contributed by atoms with Gasteiger partial charge in [-0.3, -0.25) is 14.9 Å². The number of hydrogen-bond donors (Lipinski definition) is 2. The summed E-state index contributed by atoms with van der Waals surface area (Å²) >= 11 is 6.08. The first-order chi connectivity index (χ1) is 17.1. The normalized spacial score (nSPS) is 11.7. The molecule has 0 aliphatic carbocycles. The highest BCUT2D eigenvalue weighted by Crippen LogP contribution is 2.26. The molecule has 0 aliphatic heterocycles. The molecule has 2 aromatic heterocycles. The molecule has 0 fully saturated rings. The third kappa shape index (κ3) is 5.31. The van der Waals surface area contributed by atoms with E-state index in [2.05, 4.69) is 24.8 Å². The van der Waals surface area contributed by atoms with Gasteiger partial charge in [-0.1, -0.05) is 11.6 Å². The van der Waals surface area contributed by atoms with Gasteiger partial charge < -0.3 is 4.74 Å². The van der Waals surface area contributed by atoms with Crippen molar-refractivity contribution in [2.75, 3.05) is 11.8 Å². The van der Waals surface area contributed by atoms with E-state index in [1.807, 2.05) is 0 Å². The molecule has 0 saturated carbocycles. The van der Waals surface area contributed by atoms with Gasteiger partial charge >= 0.3 is 0 Å². The third-order valence-corrected chi connectivity index (χ3v) is 6.86. The second-order valence-electron chi connectivity index (χ2n) is 7.94. The van der Waals surface area contributed by atoms with Crippen LogP contribution in [0.15, 0.2) is 63.2 Å². The minimum absolute atomic E-state index is 0.00659. The van der Waals surface area contributed by atoms with E-state index < -0.39 is 10.0 Å². The molecule has 0 bridgehead atoms. The van der Waals surface area contributed by atoms with Crippen molar-refractivity contribution in [2.45, 2.75) is 25.7 Å². The number of methoxy groups -OCH3 is 1. The maximum atomic E-state index is 13.0. The van der Waals surface area contributed by atoms with Gasteiger partial charge in [0.1, 0.15) is 5.75 Å². The van der Waals surface area contributed by atoms with Crippen LogP contribution in [0.2, 0.25) is 5.02 Å². The molecule has 4 rings (SSSR count). The lowest BCUT2D eigenvalue weighted by molar-refractivity contribution is 0.414. The number of aliphatic imine (C=N–C) groups is 1. The van der Waals surface area contributed by atoms with Gasteiger partial charge in [0.15, 0.2) is 0 Å². The lowest BCUT2D eigenvalue weighted by Crippen LogP contribution is -2.17. The Morgan fingerprint density at radius 2 is 1.72 bits per heavy atom. The zero-order valence-electron chi connectivity index (χ0n) is 19.9. The highest BCUT2D eigenvalue weighted by atomic mass is 35.5. The number of rotatable bonds is 7. The van der Waals surface area contributed by atoms with Crippen LogP contribution in [0.5, 0.6) is 5.75 Å². The quantitative estimate of drug-likeness (QED) is 0.349. The zero-order valence-corrected chi connectivity index (χ0v) is 21.5. The molecule has 186 valence electrons. The fourth-order valence-corrected chi connectivity index (χ4v) is 4.62. The summed E-state index contributed by atoms with van der Waals surface area (Å²) in [5.74, 6) is 0.448. The monoisotopic (exact) mass is 526 g/mol. The van der Waals surface area contributed by atoms with Gasteiger partial charge in [0.2, 0.25) is 5.95 Å². The van der Waals surface area contributed by atoms with Gasteiger partial charge in [-0.15, -0.1) is 0 Å². The van der Waals surface area contributed by atoms with Crippen LogP contribution in [0.25, 0.3) is 5.69 Å². The lowest BCUT2D eigenvalue weighted by Gasteiger charge is -2.08. The van der Waals surface area contributed by atoms with Crippen LogP contribution in [0.4, 0.5) is 11.6 Å². The van der Waals surface area contributed by atoms with E-state index in [0.717, 1.165) is 0 Å². The number of aromatic amines is 1. The van der Waals surface area contributed by atoms with Crippen LogP contribution in [0, 0.1) is 20.8 Å². The number of nitrogens with zero attached hydrogens (tertiary/aromatic N) is 4. The van der Waals surface area contributed by atoms with Gasteiger partial charge in [-0.2, -0.15) is 0 Å². The molecule has 10 nitrogen and oxygen atoms in total. The predicted octanol–water partition coefficient (Wildman–Crippen LogP) is 4.09. The molecule has 0 unspecified atom stereocenters. The van der Waals surface area contributed by atoms with Crippen molar-refractivity contribution in [1.29, 1.82) is 0 Å². The van der Waals surface area contributed by atoms with E-state index in [0.29, 0.717) is 44.8 Å². The Kier molecular flexibility index (Phi) is 6.95. The Hall–Kier alpha value is -3.96. The van der Waals surface area contributed by atoms with E-state index in [4.69, 9.17) is 16.3 Å². The fourth-order valence-electron chi connectivity index (χ4n) is 3.48. The van der Waals surface area contributed by atoms with Crippen LogP contribution >= 0.6 is 11.6 Å². The van der Waals surface area contributed by atoms with Gasteiger partial charge in [-0.05, 0) is 63.2 Å². The first-order valence-electron chi connectivity index (χ1n) is 10.7. The molecule has 2 heterocycles. The van der Waals surface area contributed by atoms with Crippen LogP contribution in [-0.2, 0) is 10.0 Å². The standard InChI is InChI=1S/C24H23ClN6O4S/c1-14-11-15(2)28-24(27-14)30-36(33,34)19-8-5-17(6-9-19)26-13-20-16(3)29-31(23(20)32)18-7-10-21(25)22(12-18)35-4/h5-13,29H,1-4H3,(H,27,28,30). The Morgan fingerprint density at radius 1 is 1.06 bits per heavy atom. The zero-order chi connectivity index (χ0) is 26.0. The molecule has 0 spiro atoms. The highest BCUT2D eigenvalue weighted by Gasteiger charge is 2.16. The number of hydrogen-bond acceptors (Lipinski definition) is 7. The number of anilines is 1. The van der Waals surface area contributed by atoms with Crippen molar-refractivity contribution >= 4 is 39.5 Å². The van der Waals surface area contributed by atoms with E-state index in [1.165, 1.54) is 42.3 Å². The average molecular weight is 527 g/mol. The van der Waals surface area contributed by atoms with Gasteiger partial charge in [0.25, 0.3) is 15.6 Å². The Balaban J connectivity index is 1.55. The van der Waals surface area contributed by atoms with Crippen molar-refractivity contribution in [3.05, 3.63) is 86.6 Å². The molecule has 0 atom stereocenters. The van der Waals surface area contributed by atoms with E-state index in [1.54, 1.807) is 45.0 Å². The Bertz CT molecular complexity index is 1610. The maximum absolute atomic E-state index is 13.0. The largest absolute Gasteiger partial charge is 0.495 e. The molecular weight excluding hydrogens is 504 g/mol. The van der Waals surface area contributed by atoms with Crippen LogP contribution < -0.4 is 15.0 Å². The molecule has 0 saturated heterocycles. The number of aryl methyl sites for hydroxylation is 3. The maximum Gasteiger partial charge on any atom is 0.280 e. The van der Waals surface area contributed by atoms with Crippen molar-refractivity contribution in [1.82, 2.24) is 19.7 Å². The minimum Gasteiger partial charge on any atom is -0.495 e.